The monoisotopic (exact) mass is 237 g/mol. The molecule has 0 radical (unpaired) electrons. The number of fused-ring (bicyclic) bond motifs is 1. The van der Waals surface area contributed by atoms with Crippen molar-refractivity contribution in [3.8, 4) is 0 Å². The molecule has 3 aliphatic rings. The number of hydrogen-bond acceptors (Lipinski definition) is 3. The summed E-state index contributed by atoms with van der Waals surface area (Å²) in [6, 6.07) is 0.535. The second-order valence-corrected chi connectivity index (χ2v) is 5.92. The smallest absolute Gasteiger partial charge is 0.237 e. The fourth-order valence-electron chi connectivity index (χ4n) is 3.13. The molecule has 4 nitrogen and oxygen atoms in total. The Morgan fingerprint density at radius 2 is 2.06 bits per heavy atom. The van der Waals surface area contributed by atoms with E-state index in [0.717, 1.165) is 31.5 Å². The SMILES string of the molecule is CC(C(=O)NC1CC1)N1CCC2CNCC2C1. The molecule has 1 saturated carbocycles. The third kappa shape index (κ3) is 2.47. The average molecular weight is 237 g/mol. The van der Waals surface area contributed by atoms with Gasteiger partial charge in [-0.1, -0.05) is 0 Å². The van der Waals surface area contributed by atoms with Crippen molar-refractivity contribution in [3.05, 3.63) is 0 Å². The van der Waals surface area contributed by atoms with Gasteiger partial charge in [-0.15, -0.1) is 0 Å². The quantitative estimate of drug-likeness (QED) is 0.737. The molecule has 0 spiro atoms. The molecule has 1 aliphatic carbocycles. The van der Waals surface area contributed by atoms with Crippen LogP contribution in [-0.4, -0.2) is 49.1 Å². The maximum Gasteiger partial charge on any atom is 0.237 e. The van der Waals surface area contributed by atoms with E-state index in [2.05, 4.69) is 22.5 Å². The molecule has 2 aliphatic heterocycles. The minimum absolute atomic E-state index is 0.0529. The van der Waals surface area contributed by atoms with Gasteiger partial charge in [-0.05, 0) is 57.7 Å². The van der Waals surface area contributed by atoms with Crippen molar-refractivity contribution in [2.45, 2.75) is 38.3 Å². The van der Waals surface area contributed by atoms with Crippen LogP contribution < -0.4 is 10.6 Å². The zero-order chi connectivity index (χ0) is 11.8. The van der Waals surface area contributed by atoms with Gasteiger partial charge < -0.3 is 10.6 Å². The van der Waals surface area contributed by atoms with Crippen LogP contribution in [0.25, 0.3) is 0 Å². The molecule has 1 amide bonds. The summed E-state index contributed by atoms with van der Waals surface area (Å²) < 4.78 is 0. The van der Waals surface area contributed by atoms with Gasteiger partial charge in [0, 0.05) is 12.6 Å². The Morgan fingerprint density at radius 1 is 1.29 bits per heavy atom. The first-order chi connectivity index (χ1) is 8.24. The molecular weight excluding hydrogens is 214 g/mol. The van der Waals surface area contributed by atoms with Crippen LogP contribution in [0, 0.1) is 11.8 Å². The maximum absolute atomic E-state index is 12.0. The van der Waals surface area contributed by atoms with Crippen molar-refractivity contribution in [2.24, 2.45) is 11.8 Å². The normalized spacial score (nSPS) is 35.4. The molecule has 2 saturated heterocycles. The number of carbonyl (C=O) groups is 1. The summed E-state index contributed by atoms with van der Waals surface area (Å²) in [5.74, 6) is 1.85. The van der Waals surface area contributed by atoms with E-state index in [4.69, 9.17) is 0 Å². The minimum atomic E-state index is 0.0529. The summed E-state index contributed by atoms with van der Waals surface area (Å²) in [4.78, 5) is 14.4. The number of piperidine rings is 1. The summed E-state index contributed by atoms with van der Waals surface area (Å²) in [6.45, 7) is 6.55. The topological polar surface area (TPSA) is 44.4 Å². The van der Waals surface area contributed by atoms with Crippen LogP contribution >= 0.6 is 0 Å². The van der Waals surface area contributed by atoms with Gasteiger partial charge in [0.05, 0.1) is 6.04 Å². The van der Waals surface area contributed by atoms with Crippen LogP contribution in [0.3, 0.4) is 0 Å². The number of hydrogen-bond donors (Lipinski definition) is 2. The second-order valence-electron chi connectivity index (χ2n) is 5.92. The molecule has 3 fully saturated rings. The molecule has 4 heteroatoms. The lowest BCUT2D eigenvalue weighted by Crippen LogP contribution is -2.51. The highest BCUT2D eigenvalue weighted by molar-refractivity contribution is 5.81. The minimum Gasteiger partial charge on any atom is -0.352 e. The predicted molar refractivity (Wildman–Crippen MR) is 66.7 cm³/mol. The van der Waals surface area contributed by atoms with Crippen LogP contribution in [0.5, 0.6) is 0 Å². The van der Waals surface area contributed by atoms with Gasteiger partial charge in [0.15, 0.2) is 0 Å². The predicted octanol–water partition coefficient (Wildman–Crippen LogP) is 0.195. The van der Waals surface area contributed by atoms with Gasteiger partial charge in [-0.2, -0.15) is 0 Å². The first kappa shape index (κ1) is 11.5. The highest BCUT2D eigenvalue weighted by Crippen LogP contribution is 2.27. The van der Waals surface area contributed by atoms with E-state index in [1.807, 2.05) is 0 Å². The molecule has 0 aromatic rings. The van der Waals surface area contributed by atoms with Crippen molar-refractivity contribution in [1.29, 1.82) is 0 Å². The Kier molecular flexibility index (Phi) is 3.09. The Bertz CT molecular complexity index is 303. The number of carbonyl (C=O) groups excluding carboxylic acids is 1. The van der Waals surface area contributed by atoms with E-state index in [0.29, 0.717) is 6.04 Å². The lowest BCUT2D eigenvalue weighted by atomic mass is 9.88. The molecular formula is C13H23N3O. The second kappa shape index (κ2) is 4.58. The van der Waals surface area contributed by atoms with Crippen LogP contribution in [-0.2, 0) is 4.79 Å². The van der Waals surface area contributed by atoms with Gasteiger partial charge in [0.1, 0.15) is 0 Å². The summed E-state index contributed by atoms with van der Waals surface area (Å²) in [6.07, 6.45) is 3.60. The van der Waals surface area contributed by atoms with Gasteiger partial charge in [-0.3, -0.25) is 9.69 Å². The fraction of sp³-hybridized carbons (Fsp3) is 0.923. The Morgan fingerprint density at radius 3 is 2.82 bits per heavy atom. The van der Waals surface area contributed by atoms with Gasteiger partial charge in [-0.25, -0.2) is 0 Å². The number of nitrogens with zero attached hydrogens (tertiary/aromatic N) is 1. The number of amides is 1. The number of rotatable bonds is 3. The lowest BCUT2D eigenvalue weighted by Gasteiger charge is -2.37. The molecule has 17 heavy (non-hydrogen) atoms. The van der Waals surface area contributed by atoms with Crippen molar-refractivity contribution >= 4 is 5.91 Å². The molecule has 3 unspecified atom stereocenters. The van der Waals surface area contributed by atoms with E-state index in [-0.39, 0.29) is 11.9 Å². The third-order valence-corrected chi connectivity index (χ3v) is 4.59. The Balaban J connectivity index is 1.54. The van der Waals surface area contributed by atoms with E-state index >= 15 is 0 Å². The molecule has 0 aromatic heterocycles. The largest absolute Gasteiger partial charge is 0.352 e. The van der Waals surface area contributed by atoms with Crippen molar-refractivity contribution in [1.82, 2.24) is 15.5 Å². The van der Waals surface area contributed by atoms with E-state index in [9.17, 15) is 4.79 Å². The first-order valence-electron chi connectivity index (χ1n) is 6.99. The van der Waals surface area contributed by atoms with Crippen LogP contribution in [0.4, 0.5) is 0 Å². The highest BCUT2D eigenvalue weighted by atomic mass is 16.2. The van der Waals surface area contributed by atoms with E-state index in [1.54, 1.807) is 0 Å². The van der Waals surface area contributed by atoms with Crippen LogP contribution in [0.15, 0.2) is 0 Å². The van der Waals surface area contributed by atoms with Gasteiger partial charge in [0.25, 0.3) is 0 Å². The molecule has 0 aromatic carbocycles. The van der Waals surface area contributed by atoms with Crippen molar-refractivity contribution in [2.75, 3.05) is 26.2 Å². The fourth-order valence-corrected chi connectivity index (χ4v) is 3.13. The third-order valence-electron chi connectivity index (χ3n) is 4.59. The zero-order valence-corrected chi connectivity index (χ0v) is 10.6. The molecule has 2 heterocycles. The zero-order valence-electron chi connectivity index (χ0n) is 10.6. The molecule has 3 rings (SSSR count). The maximum atomic E-state index is 12.0. The molecule has 0 bridgehead atoms. The van der Waals surface area contributed by atoms with Crippen molar-refractivity contribution in [3.63, 3.8) is 0 Å². The van der Waals surface area contributed by atoms with E-state index < -0.39 is 0 Å². The summed E-state index contributed by atoms with van der Waals surface area (Å²) in [7, 11) is 0. The van der Waals surface area contributed by atoms with Gasteiger partial charge in [0.2, 0.25) is 5.91 Å². The number of likely N-dealkylation sites (tertiary alicyclic amines) is 1. The van der Waals surface area contributed by atoms with E-state index in [1.165, 1.54) is 25.8 Å². The molecule has 96 valence electrons. The molecule has 3 atom stereocenters. The first-order valence-corrected chi connectivity index (χ1v) is 6.99. The Labute approximate surface area is 103 Å². The van der Waals surface area contributed by atoms with Crippen molar-refractivity contribution < 1.29 is 4.79 Å². The van der Waals surface area contributed by atoms with Crippen LogP contribution in [0.1, 0.15) is 26.2 Å². The lowest BCUT2D eigenvalue weighted by molar-refractivity contribution is -0.126. The standard InChI is InChI=1S/C13H23N3O/c1-9(13(17)15-12-2-3-12)16-5-4-10-6-14-7-11(10)8-16/h9-12,14H,2-8H2,1H3,(H,15,17). The summed E-state index contributed by atoms with van der Waals surface area (Å²) >= 11 is 0. The summed E-state index contributed by atoms with van der Waals surface area (Å²) in [5, 5.41) is 6.58. The highest BCUT2D eigenvalue weighted by Gasteiger charge is 2.36. The average Bonchev–Trinajstić information content (AvgIpc) is 3.02. The number of nitrogens with one attached hydrogen (secondary N) is 2. The Hall–Kier alpha value is -0.610. The van der Waals surface area contributed by atoms with Crippen LogP contribution in [0.2, 0.25) is 0 Å². The molecule has 2 N–H and O–H groups in total. The summed E-state index contributed by atoms with van der Waals surface area (Å²) in [5.41, 5.74) is 0. The van der Waals surface area contributed by atoms with Gasteiger partial charge >= 0.3 is 0 Å².